The third-order valence-electron chi connectivity index (χ3n) is 8.64. The molecule has 9 aromatic rings. The number of nitrogens with zero attached hydrogens (tertiary/aromatic N) is 4. The molecule has 0 N–H and O–H groups in total. The summed E-state index contributed by atoms with van der Waals surface area (Å²) in [5.74, 6) is 0.658. The van der Waals surface area contributed by atoms with Gasteiger partial charge in [-0.1, -0.05) is 109 Å². The second kappa shape index (κ2) is 9.79. The highest BCUT2D eigenvalue weighted by Crippen LogP contribution is 2.39. The maximum absolute atomic E-state index is 4.88. The lowest BCUT2D eigenvalue weighted by Gasteiger charge is -2.10. The summed E-state index contributed by atoms with van der Waals surface area (Å²) in [7, 11) is 0. The molecule has 206 valence electrons. The summed E-state index contributed by atoms with van der Waals surface area (Å²) in [6.45, 7) is 0. The van der Waals surface area contributed by atoms with Gasteiger partial charge in [0.15, 0.2) is 0 Å². The summed E-state index contributed by atoms with van der Waals surface area (Å²) in [6, 6.07) is 51.5. The average molecular weight is 563 g/mol. The third-order valence-corrected chi connectivity index (χ3v) is 8.64. The van der Waals surface area contributed by atoms with Crippen LogP contribution in [0.3, 0.4) is 0 Å². The van der Waals surface area contributed by atoms with E-state index in [4.69, 9.17) is 9.97 Å². The molecular formula is C40H26N4. The Morgan fingerprint density at radius 1 is 0.341 bits per heavy atom. The van der Waals surface area contributed by atoms with Gasteiger partial charge in [-0.2, -0.15) is 0 Å². The van der Waals surface area contributed by atoms with Crippen molar-refractivity contribution >= 4 is 43.6 Å². The van der Waals surface area contributed by atoms with Gasteiger partial charge in [0.05, 0.1) is 22.1 Å². The van der Waals surface area contributed by atoms with E-state index >= 15 is 0 Å². The first-order valence-electron chi connectivity index (χ1n) is 14.8. The Balaban J connectivity index is 1.29. The van der Waals surface area contributed by atoms with E-state index in [1.807, 2.05) is 30.6 Å². The zero-order valence-corrected chi connectivity index (χ0v) is 23.8. The fourth-order valence-electron chi connectivity index (χ4n) is 6.57. The van der Waals surface area contributed by atoms with Crippen LogP contribution in [0.4, 0.5) is 0 Å². The second-order valence-electron chi connectivity index (χ2n) is 11.1. The molecule has 0 aliphatic carbocycles. The van der Waals surface area contributed by atoms with Gasteiger partial charge >= 0.3 is 0 Å². The third kappa shape index (κ3) is 3.78. The molecule has 4 heteroatoms. The van der Waals surface area contributed by atoms with Crippen molar-refractivity contribution in [1.82, 2.24) is 19.1 Å². The smallest absolute Gasteiger partial charge is 0.234 e. The standard InChI is InChI=1S/C40H26N4/c1-3-11-27(12-4-1)29-19-21-31(22-20-29)43-36-17-9-7-15-32(36)34-23-35-33-16-8-10-18-37(33)44(39(35)24-38(34)43)40-41-25-30(26-42-40)28-13-5-2-6-14-28/h1-26H. The molecule has 3 aromatic heterocycles. The fraction of sp³-hybridized carbons (Fsp3) is 0. The monoisotopic (exact) mass is 562 g/mol. The molecule has 0 saturated heterocycles. The minimum atomic E-state index is 0.658. The molecule has 0 saturated carbocycles. The van der Waals surface area contributed by atoms with Crippen LogP contribution < -0.4 is 0 Å². The topological polar surface area (TPSA) is 35.6 Å². The summed E-state index contributed by atoms with van der Waals surface area (Å²) in [5.41, 5.74) is 10.1. The van der Waals surface area contributed by atoms with Crippen molar-refractivity contribution in [2.75, 3.05) is 0 Å². The molecule has 0 fully saturated rings. The van der Waals surface area contributed by atoms with Crippen molar-refractivity contribution in [2.45, 2.75) is 0 Å². The van der Waals surface area contributed by atoms with E-state index in [0.717, 1.165) is 33.4 Å². The van der Waals surface area contributed by atoms with E-state index in [1.54, 1.807) is 0 Å². The molecule has 0 unspecified atom stereocenters. The average Bonchev–Trinajstić information content (AvgIpc) is 3.60. The van der Waals surface area contributed by atoms with Gasteiger partial charge in [-0.25, -0.2) is 9.97 Å². The molecule has 44 heavy (non-hydrogen) atoms. The number of hydrogen-bond acceptors (Lipinski definition) is 2. The number of benzene rings is 6. The summed E-state index contributed by atoms with van der Waals surface area (Å²) in [5, 5.41) is 4.83. The maximum Gasteiger partial charge on any atom is 0.234 e. The van der Waals surface area contributed by atoms with Crippen LogP contribution in [-0.2, 0) is 0 Å². The zero-order valence-electron chi connectivity index (χ0n) is 23.8. The van der Waals surface area contributed by atoms with Crippen molar-refractivity contribution in [3.63, 3.8) is 0 Å². The van der Waals surface area contributed by atoms with Gasteiger partial charge in [0.1, 0.15) is 0 Å². The molecule has 0 aliphatic rings. The number of fused-ring (bicyclic) bond motifs is 6. The van der Waals surface area contributed by atoms with Gasteiger partial charge in [-0.15, -0.1) is 0 Å². The molecule has 3 heterocycles. The molecular weight excluding hydrogens is 536 g/mol. The lowest BCUT2D eigenvalue weighted by molar-refractivity contribution is 0.990. The van der Waals surface area contributed by atoms with E-state index in [1.165, 1.54) is 38.2 Å². The first kappa shape index (κ1) is 24.6. The van der Waals surface area contributed by atoms with Gasteiger partial charge in [0, 0.05) is 45.2 Å². The molecule has 0 aliphatic heterocycles. The Bertz CT molecular complexity index is 2280. The van der Waals surface area contributed by atoms with E-state index in [0.29, 0.717) is 5.95 Å². The highest BCUT2D eigenvalue weighted by Gasteiger charge is 2.19. The predicted octanol–water partition coefficient (Wildman–Crippen LogP) is 10.0. The van der Waals surface area contributed by atoms with Crippen molar-refractivity contribution < 1.29 is 0 Å². The van der Waals surface area contributed by atoms with Crippen LogP contribution in [0.2, 0.25) is 0 Å². The largest absolute Gasteiger partial charge is 0.309 e. The summed E-state index contributed by atoms with van der Waals surface area (Å²) < 4.78 is 4.57. The van der Waals surface area contributed by atoms with E-state index in [-0.39, 0.29) is 0 Å². The van der Waals surface area contributed by atoms with Gasteiger partial charge in [0.25, 0.3) is 0 Å². The molecule has 0 bridgehead atoms. The Morgan fingerprint density at radius 2 is 0.818 bits per heavy atom. The normalized spacial score (nSPS) is 11.6. The Labute approximate surface area is 254 Å². The van der Waals surface area contributed by atoms with Crippen LogP contribution in [0.25, 0.3) is 77.5 Å². The highest BCUT2D eigenvalue weighted by molar-refractivity contribution is 6.19. The number of rotatable bonds is 4. The molecule has 9 rings (SSSR count). The minimum Gasteiger partial charge on any atom is -0.309 e. The minimum absolute atomic E-state index is 0.658. The number of para-hydroxylation sites is 2. The van der Waals surface area contributed by atoms with Crippen molar-refractivity contribution in [1.29, 1.82) is 0 Å². The van der Waals surface area contributed by atoms with Gasteiger partial charge in [0.2, 0.25) is 5.95 Å². The van der Waals surface area contributed by atoms with E-state index < -0.39 is 0 Å². The van der Waals surface area contributed by atoms with Crippen molar-refractivity contribution in [3.05, 3.63) is 158 Å². The first-order valence-corrected chi connectivity index (χ1v) is 14.8. The lowest BCUT2D eigenvalue weighted by atomic mass is 10.1. The Morgan fingerprint density at radius 3 is 1.43 bits per heavy atom. The summed E-state index contributed by atoms with van der Waals surface area (Å²) in [4.78, 5) is 9.77. The maximum atomic E-state index is 4.88. The molecule has 0 radical (unpaired) electrons. The summed E-state index contributed by atoms with van der Waals surface area (Å²) >= 11 is 0. The molecule has 0 amide bonds. The molecule has 4 nitrogen and oxygen atoms in total. The fourth-order valence-corrected chi connectivity index (χ4v) is 6.57. The quantitative estimate of drug-likeness (QED) is 0.214. The van der Waals surface area contributed by atoms with Crippen LogP contribution in [0.5, 0.6) is 0 Å². The van der Waals surface area contributed by atoms with Crippen LogP contribution >= 0.6 is 0 Å². The molecule has 6 aromatic carbocycles. The highest BCUT2D eigenvalue weighted by atomic mass is 15.1. The van der Waals surface area contributed by atoms with Crippen LogP contribution in [0.15, 0.2) is 158 Å². The van der Waals surface area contributed by atoms with E-state index in [9.17, 15) is 0 Å². The Kier molecular flexibility index (Phi) is 5.47. The Hall–Kier alpha value is -6.00. The first-order chi connectivity index (χ1) is 21.8. The van der Waals surface area contributed by atoms with E-state index in [2.05, 4.69) is 137 Å². The van der Waals surface area contributed by atoms with Gasteiger partial charge < -0.3 is 4.57 Å². The van der Waals surface area contributed by atoms with Crippen LogP contribution in [0.1, 0.15) is 0 Å². The molecule has 0 atom stereocenters. The lowest BCUT2D eigenvalue weighted by Crippen LogP contribution is -2.01. The number of hydrogen-bond donors (Lipinski definition) is 0. The SMILES string of the molecule is c1ccc(-c2ccc(-n3c4ccccc4c4cc5c6ccccc6n(-c6ncc(-c7ccccc7)cn6)c5cc43)cc2)cc1. The molecule has 0 spiro atoms. The zero-order chi connectivity index (χ0) is 29.0. The summed E-state index contributed by atoms with van der Waals surface area (Å²) in [6.07, 6.45) is 3.84. The van der Waals surface area contributed by atoms with Crippen molar-refractivity contribution in [3.8, 4) is 33.9 Å². The second-order valence-corrected chi connectivity index (χ2v) is 11.1. The van der Waals surface area contributed by atoms with Crippen molar-refractivity contribution in [2.24, 2.45) is 0 Å². The van der Waals surface area contributed by atoms with Gasteiger partial charge in [-0.3, -0.25) is 4.57 Å². The van der Waals surface area contributed by atoms with Crippen LogP contribution in [-0.4, -0.2) is 19.1 Å². The van der Waals surface area contributed by atoms with Crippen LogP contribution in [0, 0.1) is 0 Å². The van der Waals surface area contributed by atoms with Gasteiger partial charge in [-0.05, 0) is 53.1 Å². The number of aromatic nitrogens is 4. The predicted molar refractivity (Wildman–Crippen MR) is 182 cm³/mol.